The molecule has 30 heavy (non-hydrogen) atoms. The van der Waals surface area contributed by atoms with Crippen molar-refractivity contribution in [3.63, 3.8) is 0 Å². The molecule has 1 aromatic heterocycles. The fourth-order valence-electron chi connectivity index (χ4n) is 2.94. The quantitative estimate of drug-likeness (QED) is 0.257. The summed E-state index contributed by atoms with van der Waals surface area (Å²) in [5.41, 5.74) is 9.27. The van der Waals surface area contributed by atoms with E-state index in [9.17, 15) is 0 Å². The number of hydrogen-bond acceptors (Lipinski definition) is 4. The standard InChI is InChI=1S/C22H27N5O2.HI/c1-28-20-9-8-17(14-21(20)29-2)10-12-24-22(23)25-13-11-18-15-26-27(16-18)19-6-4-3-5-7-19;/h3-9,14-16H,10-13H2,1-2H3,(H3,23,24,25);1H. The molecule has 3 N–H and O–H groups in total. The van der Waals surface area contributed by atoms with E-state index in [1.807, 2.05) is 65.6 Å². The summed E-state index contributed by atoms with van der Waals surface area (Å²) in [4.78, 5) is 4.39. The fraction of sp³-hybridized carbons (Fsp3) is 0.273. The summed E-state index contributed by atoms with van der Waals surface area (Å²) in [7, 11) is 3.26. The van der Waals surface area contributed by atoms with Crippen LogP contribution in [0.3, 0.4) is 0 Å². The minimum absolute atomic E-state index is 0. The van der Waals surface area contributed by atoms with Gasteiger partial charge < -0.3 is 20.5 Å². The Morgan fingerprint density at radius 1 is 1.03 bits per heavy atom. The number of para-hydroxylation sites is 1. The SMILES string of the molecule is COc1ccc(CCN=C(N)NCCc2cnn(-c3ccccc3)c2)cc1OC.I. The highest BCUT2D eigenvalue weighted by atomic mass is 127. The van der Waals surface area contributed by atoms with Crippen molar-refractivity contribution in [3.8, 4) is 17.2 Å². The number of nitrogens with zero attached hydrogens (tertiary/aromatic N) is 3. The van der Waals surface area contributed by atoms with Crippen LogP contribution in [0.15, 0.2) is 65.9 Å². The van der Waals surface area contributed by atoms with E-state index in [0.717, 1.165) is 41.2 Å². The average Bonchev–Trinajstić information content (AvgIpc) is 3.23. The topological polar surface area (TPSA) is 86.7 Å². The minimum atomic E-state index is 0. The van der Waals surface area contributed by atoms with E-state index in [4.69, 9.17) is 15.2 Å². The second kappa shape index (κ2) is 12.1. The monoisotopic (exact) mass is 521 g/mol. The number of ether oxygens (including phenoxy) is 2. The number of nitrogens with one attached hydrogen (secondary N) is 1. The molecule has 0 unspecified atom stereocenters. The maximum atomic E-state index is 5.97. The second-order valence-electron chi connectivity index (χ2n) is 6.51. The molecule has 0 spiro atoms. The van der Waals surface area contributed by atoms with E-state index in [0.29, 0.717) is 19.0 Å². The predicted octanol–water partition coefficient (Wildman–Crippen LogP) is 3.20. The first kappa shape index (κ1) is 23.5. The fourth-order valence-corrected chi connectivity index (χ4v) is 2.94. The highest BCUT2D eigenvalue weighted by Gasteiger charge is 2.04. The number of hydrogen-bond donors (Lipinski definition) is 2. The van der Waals surface area contributed by atoms with Crippen LogP contribution in [0.4, 0.5) is 0 Å². The van der Waals surface area contributed by atoms with E-state index in [-0.39, 0.29) is 24.0 Å². The number of aromatic nitrogens is 2. The zero-order valence-corrected chi connectivity index (χ0v) is 19.6. The van der Waals surface area contributed by atoms with E-state index >= 15 is 0 Å². The van der Waals surface area contributed by atoms with Crippen molar-refractivity contribution in [2.45, 2.75) is 12.8 Å². The summed E-state index contributed by atoms with van der Waals surface area (Å²) in [6.45, 7) is 1.30. The zero-order valence-electron chi connectivity index (χ0n) is 17.2. The first-order valence-electron chi connectivity index (χ1n) is 9.53. The molecule has 3 aromatic rings. The molecule has 0 aliphatic heterocycles. The molecule has 0 amide bonds. The summed E-state index contributed by atoms with van der Waals surface area (Å²) in [6, 6.07) is 15.9. The molecular weight excluding hydrogens is 493 g/mol. The number of guanidine groups is 1. The third-order valence-electron chi connectivity index (χ3n) is 4.51. The molecule has 0 saturated heterocycles. The van der Waals surface area contributed by atoms with Crippen LogP contribution < -0.4 is 20.5 Å². The third kappa shape index (κ3) is 6.65. The smallest absolute Gasteiger partial charge is 0.188 e. The molecular formula is C22H28IN5O2. The van der Waals surface area contributed by atoms with Gasteiger partial charge in [-0.2, -0.15) is 5.10 Å². The Morgan fingerprint density at radius 3 is 2.53 bits per heavy atom. The lowest BCUT2D eigenvalue weighted by Crippen LogP contribution is -2.33. The van der Waals surface area contributed by atoms with Gasteiger partial charge in [0, 0.05) is 19.3 Å². The Morgan fingerprint density at radius 2 is 1.80 bits per heavy atom. The van der Waals surface area contributed by atoms with Crippen LogP contribution in [0.25, 0.3) is 5.69 Å². The normalized spacial score (nSPS) is 10.9. The number of aliphatic imine (C=N–C) groups is 1. The van der Waals surface area contributed by atoms with Crippen LogP contribution >= 0.6 is 24.0 Å². The van der Waals surface area contributed by atoms with Crippen molar-refractivity contribution in [2.75, 3.05) is 27.3 Å². The van der Waals surface area contributed by atoms with Crippen molar-refractivity contribution < 1.29 is 9.47 Å². The highest BCUT2D eigenvalue weighted by molar-refractivity contribution is 14.0. The van der Waals surface area contributed by atoms with Gasteiger partial charge in [-0.3, -0.25) is 4.99 Å². The van der Waals surface area contributed by atoms with Gasteiger partial charge in [0.05, 0.1) is 26.1 Å². The van der Waals surface area contributed by atoms with Crippen molar-refractivity contribution in [1.29, 1.82) is 0 Å². The Bertz CT molecular complexity index is 944. The number of halogens is 1. The summed E-state index contributed by atoms with van der Waals surface area (Å²) in [6.07, 6.45) is 5.49. The van der Waals surface area contributed by atoms with Crippen LogP contribution in [0, 0.1) is 0 Å². The zero-order chi connectivity index (χ0) is 20.5. The lowest BCUT2D eigenvalue weighted by Gasteiger charge is -2.09. The van der Waals surface area contributed by atoms with Gasteiger partial charge in [0.15, 0.2) is 17.5 Å². The van der Waals surface area contributed by atoms with E-state index in [1.165, 1.54) is 0 Å². The molecule has 0 aliphatic rings. The number of nitrogens with two attached hydrogens (primary N) is 1. The van der Waals surface area contributed by atoms with Crippen LogP contribution in [0.5, 0.6) is 11.5 Å². The van der Waals surface area contributed by atoms with Crippen molar-refractivity contribution in [2.24, 2.45) is 10.7 Å². The lowest BCUT2D eigenvalue weighted by molar-refractivity contribution is 0.354. The van der Waals surface area contributed by atoms with Gasteiger partial charge >= 0.3 is 0 Å². The first-order chi connectivity index (χ1) is 14.2. The first-order valence-corrected chi connectivity index (χ1v) is 9.53. The Labute approximate surface area is 194 Å². The molecule has 3 rings (SSSR count). The molecule has 0 fully saturated rings. The average molecular weight is 521 g/mol. The van der Waals surface area contributed by atoms with E-state index < -0.39 is 0 Å². The molecule has 8 heteroatoms. The Balaban J connectivity index is 0.00000320. The molecule has 0 aliphatic carbocycles. The van der Waals surface area contributed by atoms with Crippen LogP contribution in [0.1, 0.15) is 11.1 Å². The van der Waals surface area contributed by atoms with Crippen molar-refractivity contribution in [3.05, 3.63) is 72.1 Å². The maximum Gasteiger partial charge on any atom is 0.188 e. The minimum Gasteiger partial charge on any atom is -0.493 e. The second-order valence-corrected chi connectivity index (χ2v) is 6.51. The Hall–Kier alpha value is -2.75. The van der Waals surface area contributed by atoms with Gasteiger partial charge in [0.1, 0.15) is 0 Å². The van der Waals surface area contributed by atoms with Gasteiger partial charge in [0.25, 0.3) is 0 Å². The number of benzene rings is 2. The molecule has 1 heterocycles. The van der Waals surface area contributed by atoms with E-state index in [2.05, 4.69) is 15.4 Å². The summed E-state index contributed by atoms with van der Waals surface area (Å²) < 4.78 is 12.4. The molecule has 0 saturated carbocycles. The van der Waals surface area contributed by atoms with Gasteiger partial charge in [-0.05, 0) is 48.2 Å². The molecule has 2 aromatic carbocycles. The molecule has 0 bridgehead atoms. The predicted molar refractivity (Wildman–Crippen MR) is 130 cm³/mol. The molecule has 0 radical (unpaired) electrons. The number of methoxy groups -OCH3 is 2. The van der Waals surface area contributed by atoms with Crippen LogP contribution in [0.2, 0.25) is 0 Å². The van der Waals surface area contributed by atoms with Crippen LogP contribution in [-0.4, -0.2) is 43.0 Å². The summed E-state index contributed by atoms with van der Waals surface area (Å²) >= 11 is 0. The van der Waals surface area contributed by atoms with Gasteiger partial charge in [-0.15, -0.1) is 24.0 Å². The van der Waals surface area contributed by atoms with Gasteiger partial charge in [-0.25, -0.2) is 4.68 Å². The molecule has 0 atom stereocenters. The largest absolute Gasteiger partial charge is 0.493 e. The molecule has 160 valence electrons. The number of rotatable bonds is 9. The Kier molecular flexibility index (Phi) is 9.46. The van der Waals surface area contributed by atoms with Crippen LogP contribution in [-0.2, 0) is 12.8 Å². The molecule has 7 nitrogen and oxygen atoms in total. The maximum absolute atomic E-state index is 5.97. The van der Waals surface area contributed by atoms with E-state index in [1.54, 1.807) is 14.2 Å². The lowest BCUT2D eigenvalue weighted by atomic mass is 10.1. The van der Waals surface area contributed by atoms with Gasteiger partial charge in [-0.1, -0.05) is 24.3 Å². The third-order valence-corrected chi connectivity index (χ3v) is 4.51. The van der Waals surface area contributed by atoms with Gasteiger partial charge in [0.2, 0.25) is 0 Å². The van der Waals surface area contributed by atoms with Crippen molar-refractivity contribution >= 4 is 29.9 Å². The summed E-state index contributed by atoms with van der Waals surface area (Å²) in [5.74, 6) is 1.88. The highest BCUT2D eigenvalue weighted by Crippen LogP contribution is 2.27. The van der Waals surface area contributed by atoms with Crippen molar-refractivity contribution in [1.82, 2.24) is 15.1 Å². The summed E-state index contributed by atoms with van der Waals surface area (Å²) in [5, 5.41) is 7.56.